The summed E-state index contributed by atoms with van der Waals surface area (Å²) in [6, 6.07) is 8.28. The lowest BCUT2D eigenvalue weighted by Crippen LogP contribution is -2.12. The SMILES string of the molecule is COC1=CC=C(CC#N)C(=NOS(=O)(=O)c2ccc(C)cc2)C1. The number of hydrogen-bond donors (Lipinski definition) is 0. The zero-order chi connectivity index (χ0) is 16.9. The first-order chi connectivity index (χ1) is 11.0. The van der Waals surface area contributed by atoms with E-state index in [2.05, 4.69) is 5.16 Å². The van der Waals surface area contributed by atoms with E-state index in [1.54, 1.807) is 24.3 Å². The first-order valence-corrected chi connectivity index (χ1v) is 8.25. The first kappa shape index (κ1) is 16.8. The summed E-state index contributed by atoms with van der Waals surface area (Å²) in [6.07, 6.45) is 3.78. The Morgan fingerprint density at radius 1 is 1.26 bits per heavy atom. The Kier molecular flexibility index (Phi) is 5.19. The van der Waals surface area contributed by atoms with Crippen LogP contribution in [0.5, 0.6) is 0 Å². The van der Waals surface area contributed by atoms with Crippen LogP contribution in [0.25, 0.3) is 0 Å². The van der Waals surface area contributed by atoms with Gasteiger partial charge in [0, 0.05) is 0 Å². The average Bonchev–Trinajstić information content (AvgIpc) is 2.54. The van der Waals surface area contributed by atoms with Gasteiger partial charge >= 0.3 is 10.1 Å². The molecule has 0 unspecified atom stereocenters. The summed E-state index contributed by atoms with van der Waals surface area (Å²) in [5.41, 5.74) is 1.91. The molecule has 0 saturated carbocycles. The minimum absolute atomic E-state index is 0.0246. The van der Waals surface area contributed by atoms with E-state index in [9.17, 15) is 8.42 Å². The lowest BCUT2D eigenvalue weighted by Gasteiger charge is -2.14. The molecule has 0 aliphatic heterocycles. The topological polar surface area (TPSA) is 88.8 Å². The van der Waals surface area contributed by atoms with Crippen LogP contribution in [-0.2, 0) is 19.1 Å². The quantitative estimate of drug-likeness (QED) is 0.774. The van der Waals surface area contributed by atoms with Crippen molar-refractivity contribution in [1.29, 1.82) is 5.26 Å². The third kappa shape index (κ3) is 4.20. The summed E-state index contributed by atoms with van der Waals surface area (Å²) in [4.78, 5) is 0.0246. The highest BCUT2D eigenvalue weighted by Gasteiger charge is 2.19. The minimum atomic E-state index is -4.00. The van der Waals surface area contributed by atoms with Crippen LogP contribution in [0.1, 0.15) is 18.4 Å². The standard InChI is InChI=1S/C16H16N2O4S/c1-12-3-7-15(8-4-12)23(19,20)22-18-16-11-14(21-2)6-5-13(16)9-10-17/h3-8H,9,11H2,1-2H3. The van der Waals surface area contributed by atoms with Gasteiger partial charge in [-0.25, -0.2) is 0 Å². The van der Waals surface area contributed by atoms with Gasteiger partial charge in [0.15, 0.2) is 0 Å². The molecule has 0 aromatic heterocycles. The van der Waals surface area contributed by atoms with E-state index in [0.29, 0.717) is 17.0 Å². The molecule has 2 rings (SSSR count). The number of nitriles is 1. The largest absolute Gasteiger partial charge is 0.501 e. The normalized spacial score (nSPS) is 16.3. The van der Waals surface area contributed by atoms with E-state index in [4.69, 9.17) is 14.3 Å². The Labute approximate surface area is 135 Å². The molecule has 0 atom stereocenters. The molecule has 0 heterocycles. The predicted molar refractivity (Wildman–Crippen MR) is 84.9 cm³/mol. The van der Waals surface area contributed by atoms with Crippen LogP contribution in [-0.4, -0.2) is 21.2 Å². The van der Waals surface area contributed by atoms with E-state index >= 15 is 0 Å². The maximum absolute atomic E-state index is 12.1. The Morgan fingerprint density at radius 3 is 2.57 bits per heavy atom. The monoisotopic (exact) mass is 332 g/mol. The van der Waals surface area contributed by atoms with Gasteiger partial charge in [-0.2, -0.15) is 13.7 Å². The van der Waals surface area contributed by atoms with Crippen LogP contribution in [0.4, 0.5) is 0 Å². The van der Waals surface area contributed by atoms with Gasteiger partial charge in [-0.15, -0.1) is 0 Å². The number of aryl methyl sites for hydroxylation is 1. The molecule has 0 N–H and O–H groups in total. The molecule has 0 saturated heterocycles. The minimum Gasteiger partial charge on any atom is -0.501 e. The molecular weight excluding hydrogens is 316 g/mol. The Morgan fingerprint density at radius 2 is 1.96 bits per heavy atom. The lowest BCUT2D eigenvalue weighted by molar-refractivity contribution is 0.284. The fraction of sp³-hybridized carbons (Fsp3) is 0.250. The van der Waals surface area contributed by atoms with Crippen molar-refractivity contribution in [3.8, 4) is 6.07 Å². The zero-order valence-corrected chi connectivity index (χ0v) is 13.6. The third-order valence-electron chi connectivity index (χ3n) is 3.27. The number of allylic oxidation sites excluding steroid dienone is 4. The molecule has 1 aromatic rings. The van der Waals surface area contributed by atoms with Crippen molar-refractivity contribution in [2.24, 2.45) is 5.16 Å². The molecular formula is C16H16N2O4S. The fourth-order valence-corrected chi connectivity index (χ4v) is 2.69. The van der Waals surface area contributed by atoms with Crippen molar-refractivity contribution in [3.05, 3.63) is 53.3 Å². The van der Waals surface area contributed by atoms with Gasteiger partial charge in [-0.05, 0) is 30.7 Å². The van der Waals surface area contributed by atoms with E-state index < -0.39 is 10.1 Å². The Bertz CT molecular complexity index is 813. The molecule has 0 bridgehead atoms. The van der Waals surface area contributed by atoms with Crippen molar-refractivity contribution in [3.63, 3.8) is 0 Å². The van der Waals surface area contributed by atoms with Gasteiger partial charge in [0.05, 0.1) is 31.7 Å². The van der Waals surface area contributed by atoms with Gasteiger partial charge < -0.3 is 4.74 Å². The molecule has 0 spiro atoms. The van der Waals surface area contributed by atoms with Gasteiger partial charge in [-0.3, -0.25) is 4.28 Å². The summed E-state index contributed by atoms with van der Waals surface area (Å²) in [6.45, 7) is 1.86. The van der Waals surface area contributed by atoms with Gasteiger partial charge in [0.1, 0.15) is 10.7 Å². The molecule has 1 aliphatic rings. The van der Waals surface area contributed by atoms with Gasteiger partial charge in [0.2, 0.25) is 0 Å². The smallest absolute Gasteiger partial charge is 0.358 e. The molecule has 0 radical (unpaired) electrons. The van der Waals surface area contributed by atoms with Crippen molar-refractivity contribution in [1.82, 2.24) is 0 Å². The zero-order valence-electron chi connectivity index (χ0n) is 12.8. The summed E-state index contributed by atoms with van der Waals surface area (Å²) in [5.74, 6) is 0.613. The van der Waals surface area contributed by atoms with Crippen LogP contribution >= 0.6 is 0 Å². The summed E-state index contributed by atoms with van der Waals surface area (Å²) >= 11 is 0. The van der Waals surface area contributed by atoms with Crippen LogP contribution in [0.3, 0.4) is 0 Å². The van der Waals surface area contributed by atoms with Crippen LogP contribution in [0, 0.1) is 18.3 Å². The summed E-state index contributed by atoms with van der Waals surface area (Å²) in [5, 5.41) is 12.6. The Hall–Kier alpha value is -2.59. The highest BCUT2D eigenvalue weighted by atomic mass is 32.2. The number of rotatable bonds is 5. The molecule has 7 heteroatoms. The highest BCUT2D eigenvalue weighted by molar-refractivity contribution is 7.86. The molecule has 1 aromatic carbocycles. The average molecular weight is 332 g/mol. The lowest BCUT2D eigenvalue weighted by atomic mass is 9.99. The molecule has 0 fully saturated rings. The second-order valence-corrected chi connectivity index (χ2v) is 6.45. The van der Waals surface area contributed by atoms with Gasteiger partial charge in [0.25, 0.3) is 0 Å². The number of oxime groups is 1. The molecule has 23 heavy (non-hydrogen) atoms. The molecule has 1 aliphatic carbocycles. The van der Waals surface area contributed by atoms with Crippen molar-refractivity contribution in [2.75, 3.05) is 7.11 Å². The van der Waals surface area contributed by atoms with Crippen molar-refractivity contribution in [2.45, 2.75) is 24.7 Å². The number of methoxy groups -OCH3 is 1. The number of nitrogens with zero attached hydrogens (tertiary/aromatic N) is 2. The molecule has 120 valence electrons. The van der Waals surface area contributed by atoms with E-state index in [0.717, 1.165) is 5.56 Å². The maximum Gasteiger partial charge on any atom is 0.358 e. The molecule has 0 amide bonds. The van der Waals surface area contributed by atoms with E-state index in [1.165, 1.54) is 19.2 Å². The number of hydrogen-bond acceptors (Lipinski definition) is 6. The Balaban J connectivity index is 2.24. The molecule has 6 nitrogen and oxygen atoms in total. The van der Waals surface area contributed by atoms with E-state index in [1.807, 2.05) is 13.0 Å². The van der Waals surface area contributed by atoms with Gasteiger partial charge in [-0.1, -0.05) is 28.9 Å². The van der Waals surface area contributed by atoms with Crippen LogP contribution in [0.2, 0.25) is 0 Å². The number of ether oxygens (including phenoxy) is 1. The summed E-state index contributed by atoms with van der Waals surface area (Å²) < 4.78 is 34.2. The highest BCUT2D eigenvalue weighted by Crippen LogP contribution is 2.21. The third-order valence-corrected chi connectivity index (χ3v) is 4.39. The van der Waals surface area contributed by atoms with Crippen molar-refractivity contribution >= 4 is 15.8 Å². The predicted octanol–water partition coefficient (Wildman–Crippen LogP) is 2.83. The maximum atomic E-state index is 12.1. The van der Waals surface area contributed by atoms with Crippen LogP contribution < -0.4 is 0 Å². The number of benzene rings is 1. The summed E-state index contributed by atoms with van der Waals surface area (Å²) in [7, 11) is -2.49. The van der Waals surface area contributed by atoms with Crippen molar-refractivity contribution < 1.29 is 17.4 Å². The second-order valence-electron chi connectivity index (χ2n) is 4.92. The van der Waals surface area contributed by atoms with Crippen LogP contribution in [0.15, 0.2) is 57.8 Å². The fourth-order valence-electron chi connectivity index (χ4n) is 1.95. The second kappa shape index (κ2) is 7.11. The van der Waals surface area contributed by atoms with E-state index in [-0.39, 0.29) is 17.7 Å². The first-order valence-electron chi connectivity index (χ1n) is 6.84.